The Kier molecular flexibility index (Phi) is 6.65. The summed E-state index contributed by atoms with van der Waals surface area (Å²) in [6.45, 7) is 10.5. The van der Waals surface area contributed by atoms with E-state index in [9.17, 15) is 9.65 Å². The van der Waals surface area contributed by atoms with Gasteiger partial charge in [0.2, 0.25) is 0 Å². The molecule has 0 radical (unpaired) electrons. The molecule has 47 heavy (non-hydrogen) atoms. The van der Waals surface area contributed by atoms with Crippen molar-refractivity contribution in [2.24, 2.45) is 0 Å². The largest absolute Gasteiger partial charge is 0.461 e. The van der Waals surface area contributed by atoms with E-state index in [4.69, 9.17) is 31.3 Å². The van der Waals surface area contributed by atoms with Crippen molar-refractivity contribution in [3.05, 3.63) is 45.2 Å². The number of benzene rings is 1. The summed E-state index contributed by atoms with van der Waals surface area (Å²) in [5, 5.41) is 15.2. The molecular weight excluding hydrogens is 640 g/mol. The van der Waals surface area contributed by atoms with Crippen LogP contribution in [0.1, 0.15) is 60.1 Å². The SMILES string of the molecule is C=C1C[C@H]2[C@@H]3CC[C@H](CN2c2nc(OC[C@@]45CCCN4C[C@H](F)C5)nc4c(F)c(-c5ncc(C)c6sc(C)c(C#N)c56)c(Cl)c1c24)N3. The first-order valence-corrected chi connectivity index (χ1v) is 17.6. The molecule has 4 fully saturated rings. The van der Waals surface area contributed by atoms with Crippen LogP contribution in [0.15, 0.2) is 12.8 Å². The number of nitriles is 1. The minimum absolute atomic E-state index is 0.0437. The van der Waals surface area contributed by atoms with Gasteiger partial charge in [-0.1, -0.05) is 18.2 Å². The molecule has 0 unspecified atom stereocenters. The van der Waals surface area contributed by atoms with Crippen molar-refractivity contribution < 1.29 is 13.5 Å². The number of hydrogen-bond donors (Lipinski definition) is 1. The average Bonchev–Trinajstić information content (AvgIpc) is 3.77. The van der Waals surface area contributed by atoms with Crippen molar-refractivity contribution >= 4 is 55.3 Å². The summed E-state index contributed by atoms with van der Waals surface area (Å²) in [6.07, 6.45) is 5.74. The van der Waals surface area contributed by atoms with Crippen molar-refractivity contribution in [2.45, 2.75) is 82.2 Å². The van der Waals surface area contributed by atoms with Gasteiger partial charge in [0.05, 0.1) is 32.8 Å². The fourth-order valence-corrected chi connectivity index (χ4v) is 10.6. The number of rotatable bonds is 4. The Labute approximate surface area is 280 Å². The number of halogens is 3. The molecule has 0 spiro atoms. The molecule has 1 N–H and O–H groups in total. The Hall–Kier alpha value is -3.43. The van der Waals surface area contributed by atoms with Crippen molar-refractivity contribution in [1.29, 1.82) is 5.26 Å². The van der Waals surface area contributed by atoms with E-state index in [1.54, 1.807) is 6.20 Å². The summed E-state index contributed by atoms with van der Waals surface area (Å²) in [7, 11) is 0. The lowest BCUT2D eigenvalue weighted by Crippen LogP contribution is -2.58. The molecule has 2 bridgehead atoms. The molecule has 12 heteroatoms. The molecule has 4 saturated heterocycles. The van der Waals surface area contributed by atoms with E-state index >= 15 is 4.39 Å². The summed E-state index contributed by atoms with van der Waals surface area (Å²) in [4.78, 5) is 19.8. The van der Waals surface area contributed by atoms with E-state index in [1.165, 1.54) is 11.3 Å². The monoisotopic (exact) mass is 673 g/mol. The van der Waals surface area contributed by atoms with Crippen LogP contribution in [0.3, 0.4) is 0 Å². The molecule has 8 heterocycles. The zero-order valence-electron chi connectivity index (χ0n) is 26.3. The van der Waals surface area contributed by atoms with Crippen LogP contribution >= 0.6 is 22.9 Å². The Morgan fingerprint density at radius 1 is 1.23 bits per heavy atom. The molecule has 1 aromatic carbocycles. The van der Waals surface area contributed by atoms with E-state index in [0.29, 0.717) is 65.4 Å². The first kappa shape index (κ1) is 29.7. The highest BCUT2D eigenvalue weighted by Crippen LogP contribution is 2.51. The van der Waals surface area contributed by atoms with Crippen molar-refractivity contribution in [1.82, 2.24) is 25.2 Å². The molecule has 5 aliphatic heterocycles. The highest BCUT2D eigenvalue weighted by Gasteiger charge is 2.50. The lowest BCUT2D eigenvalue weighted by molar-refractivity contribution is 0.107. The van der Waals surface area contributed by atoms with Gasteiger partial charge in [0.25, 0.3) is 0 Å². The van der Waals surface area contributed by atoms with Gasteiger partial charge in [-0.05, 0) is 63.6 Å². The second kappa shape index (κ2) is 10.5. The quantitative estimate of drug-likeness (QED) is 0.251. The predicted octanol–water partition coefficient (Wildman–Crippen LogP) is 6.87. The van der Waals surface area contributed by atoms with Crippen molar-refractivity contribution in [3.63, 3.8) is 0 Å². The number of pyridine rings is 1. The first-order chi connectivity index (χ1) is 22.7. The third-order valence-electron chi connectivity index (χ3n) is 11.3. The lowest BCUT2D eigenvalue weighted by atomic mass is 9.91. The van der Waals surface area contributed by atoms with E-state index in [-0.39, 0.29) is 40.8 Å². The van der Waals surface area contributed by atoms with Crippen LogP contribution in [0.5, 0.6) is 6.01 Å². The Bertz CT molecular complexity index is 2080. The zero-order chi connectivity index (χ0) is 32.4. The first-order valence-electron chi connectivity index (χ1n) is 16.4. The van der Waals surface area contributed by atoms with Crippen LogP contribution in [0.2, 0.25) is 5.02 Å². The number of ether oxygens (including phenoxy) is 1. The van der Waals surface area contributed by atoms with Crippen LogP contribution < -0.4 is 15.0 Å². The second-order valence-corrected chi connectivity index (χ2v) is 15.6. The third kappa shape index (κ3) is 4.24. The number of hydrogen-bond acceptors (Lipinski definition) is 9. The van der Waals surface area contributed by atoms with Gasteiger partial charge in [0.1, 0.15) is 30.2 Å². The number of thiophene rings is 1. The van der Waals surface area contributed by atoms with Gasteiger partial charge >= 0.3 is 6.01 Å². The van der Waals surface area contributed by atoms with Crippen molar-refractivity contribution in [3.8, 4) is 23.3 Å². The number of aryl methyl sites for hydroxylation is 2. The Morgan fingerprint density at radius 2 is 2.09 bits per heavy atom. The van der Waals surface area contributed by atoms with Gasteiger partial charge in [-0.25, -0.2) is 8.78 Å². The number of aromatic nitrogens is 3. The van der Waals surface area contributed by atoms with E-state index < -0.39 is 17.5 Å². The van der Waals surface area contributed by atoms with E-state index in [1.807, 2.05) is 13.8 Å². The third-order valence-corrected chi connectivity index (χ3v) is 12.9. The van der Waals surface area contributed by atoms with Crippen LogP contribution in [-0.2, 0) is 0 Å². The molecular formula is C35H34ClF2N7OS. The van der Waals surface area contributed by atoms with Crippen LogP contribution in [-0.4, -0.2) is 75.9 Å². The Morgan fingerprint density at radius 3 is 2.91 bits per heavy atom. The summed E-state index contributed by atoms with van der Waals surface area (Å²) in [6, 6.07) is 2.95. The molecule has 8 nitrogen and oxygen atoms in total. The lowest BCUT2D eigenvalue weighted by Gasteiger charge is -2.41. The molecule has 242 valence electrons. The Balaban J connectivity index is 1.29. The number of nitrogens with one attached hydrogen (secondary N) is 1. The number of alkyl halides is 1. The summed E-state index contributed by atoms with van der Waals surface area (Å²) in [5.41, 5.74) is 2.85. The molecule has 9 rings (SSSR count). The molecule has 0 aliphatic carbocycles. The predicted molar refractivity (Wildman–Crippen MR) is 181 cm³/mol. The summed E-state index contributed by atoms with van der Waals surface area (Å²) >= 11 is 8.79. The molecule has 3 aromatic heterocycles. The highest BCUT2D eigenvalue weighted by molar-refractivity contribution is 7.19. The standard InChI is InChI=1S/C35H34ClF2N7OS/c1-16-9-23-22-6-5-20(41-22)14-45(23)33-26-24(16)28(36)27(30-25-21(11-39)18(3)47-32(25)17(2)12-40-30)29(38)31(26)42-34(43-33)46-15-35-7-4-8-44(35)13-19(37)10-35/h12,19-20,22-23,41H,1,4-10,13-15H2,2-3H3/t19-,20-,22+,23+,35+/m1/s1. The highest BCUT2D eigenvalue weighted by atomic mass is 35.5. The number of piperazine rings is 1. The summed E-state index contributed by atoms with van der Waals surface area (Å²) < 4.78 is 39.2. The maximum absolute atomic E-state index is 17.4. The fraction of sp³-hybridized carbons (Fsp3) is 0.486. The van der Waals surface area contributed by atoms with E-state index in [2.05, 4.69) is 27.8 Å². The molecule has 5 aliphatic rings. The number of fused-ring (bicyclic) bond motifs is 7. The van der Waals surface area contributed by atoms with E-state index in [0.717, 1.165) is 52.9 Å². The van der Waals surface area contributed by atoms with Gasteiger partial charge in [-0.2, -0.15) is 15.2 Å². The minimum Gasteiger partial charge on any atom is -0.461 e. The number of nitrogens with zero attached hydrogens (tertiary/aromatic N) is 6. The zero-order valence-corrected chi connectivity index (χ0v) is 27.9. The van der Waals surface area contributed by atoms with Crippen LogP contribution in [0.4, 0.5) is 14.6 Å². The molecule has 0 saturated carbocycles. The fourth-order valence-electron chi connectivity index (χ4n) is 9.12. The van der Waals surface area contributed by atoms with Crippen LogP contribution in [0.25, 0.3) is 37.8 Å². The normalized spacial score (nSPS) is 28.2. The van der Waals surface area contributed by atoms with Gasteiger partial charge in [0.15, 0.2) is 5.82 Å². The van der Waals surface area contributed by atoms with Gasteiger partial charge < -0.3 is 15.0 Å². The average molecular weight is 674 g/mol. The second-order valence-electron chi connectivity index (χ2n) is 14.0. The van der Waals surface area contributed by atoms with Gasteiger partial charge in [-0.3, -0.25) is 9.88 Å². The molecule has 5 atom stereocenters. The maximum Gasteiger partial charge on any atom is 0.319 e. The van der Waals surface area contributed by atoms with Gasteiger partial charge in [0, 0.05) is 64.4 Å². The smallest absolute Gasteiger partial charge is 0.319 e. The summed E-state index contributed by atoms with van der Waals surface area (Å²) in [5.74, 6) is -0.0431. The topological polar surface area (TPSA) is 90.2 Å². The maximum atomic E-state index is 17.4. The van der Waals surface area contributed by atoms with Gasteiger partial charge in [-0.15, -0.1) is 11.3 Å². The van der Waals surface area contributed by atoms with Crippen molar-refractivity contribution in [2.75, 3.05) is 31.1 Å². The minimum atomic E-state index is -0.897. The molecule has 0 amide bonds. The number of anilines is 1. The molecule has 4 aromatic rings. The van der Waals surface area contributed by atoms with Crippen LogP contribution in [0, 0.1) is 31.0 Å².